The van der Waals surface area contributed by atoms with Gasteiger partial charge in [-0.2, -0.15) is 5.10 Å². The number of likely N-dealkylation sites (tertiary alicyclic amines) is 1. The average molecular weight is 361 g/mol. The molecule has 0 spiro atoms. The Morgan fingerprint density at radius 2 is 2.28 bits per heavy atom. The van der Waals surface area contributed by atoms with Crippen LogP contribution in [0.15, 0.2) is 35.2 Å². The molecule has 1 aromatic heterocycles. The Hall–Kier alpha value is -1.99. The number of aromatic nitrogens is 2. The number of carbonyl (C=O) groups excluding carboxylic acids is 1. The highest BCUT2D eigenvalue weighted by Gasteiger charge is 2.34. The van der Waals surface area contributed by atoms with Crippen LogP contribution in [0.1, 0.15) is 11.4 Å². The molecule has 0 radical (unpaired) electrons. The smallest absolute Gasteiger partial charge is 0.233 e. The number of aliphatic hydroxyl groups excluding tert-OH is 1. The van der Waals surface area contributed by atoms with Crippen LogP contribution >= 0.6 is 11.8 Å². The van der Waals surface area contributed by atoms with E-state index >= 15 is 0 Å². The second-order valence-corrected chi connectivity index (χ2v) is 7.39. The highest BCUT2D eigenvalue weighted by atomic mass is 32.2. The Morgan fingerprint density at radius 3 is 3.00 bits per heavy atom. The molecule has 1 saturated heterocycles. The molecule has 134 valence electrons. The monoisotopic (exact) mass is 361 g/mol. The molecular formula is C18H23N3O3S. The van der Waals surface area contributed by atoms with E-state index in [0.29, 0.717) is 25.3 Å². The summed E-state index contributed by atoms with van der Waals surface area (Å²) in [5.41, 5.74) is 1.94. The Balaban J connectivity index is 1.52. The maximum atomic E-state index is 12.5. The summed E-state index contributed by atoms with van der Waals surface area (Å²) in [6, 6.07) is 9.65. The number of aliphatic hydroxyl groups is 1. The van der Waals surface area contributed by atoms with Crippen molar-refractivity contribution >= 4 is 17.7 Å². The first-order chi connectivity index (χ1) is 12.0. The third-order valence-electron chi connectivity index (χ3n) is 4.39. The maximum absolute atomic E-state index is 12.5. The summed E-state index contributed by atoms with van der Waals surface area (Å²) in [6.07, 6.45) is 0.181. The molecule has 25 heavy (non-hydrogen) atoms. The largest absolute Gasteiger partial charge is 0.497 e. The van der Waals surface area contributed by atoms with E-state index in [1.165, 1.54) is 11.8 Å². The Kier molecular flexibility index (Phi) is 5.65. The van der Waals surface area contributed by atoms with Crippen LogP contribution in [0.3, 0.4) is 0 Å². The van der Waals surface area contributed by atoms with Gasteiger partial charge in [-0.25, -0.2) is 0 Å². The number of aromatic amines is 1. The van der Waals surface area contributed by atoms with Crippen LogP contribution in [0.25, 0.3) is 0 Å². The summed E-state index contributed by atoms with van der Waals surface area (Å²) in [5.74, 6) is 1.22. The fourth-order valence-corrected chi connectivity index (χ4v) is 3.88. The summed E-state index contributed by atoms with van der Waals surface area (Å²) < 4.78 is 5.20. The third-order valence-corrected chi connectivity index (χ3v) is 5.37. The molecule has 2 atom stereocenters. The van der Waals surface area contributed by atoms with Gasteiger partial charge in [0.25, 0.3) is 0 Å². The number of H-pyrrole nitrogens is 1. The van der Waals surface area contributed by atoms with E-state index in [2.05, 4.69) is 10.2 Å². The van der Waals surface area contributed by atoms with Gasteiger partial charge in [0, 0.05) is 29.6 Å². The molecular weight excluding hydrogens is 338 g/mol. The van der Waals surface area contributed by atoms with Crippen molar-refractivity contribution in [3.63, 3.8) is 0 Å². The van der Waals surface area contributed by atoms with Crippen molar-refractivity contribution in [1.82, 2.24) is 15.1 Å². The number of β-amino-alcohol motifs (C(OH)–C–C–N with tert-alkyl or cyclic N) is 1. The highest BCUT2D eigenvalue weighted by molar-refractivity contribution is 8.00. The SMILES string of the molecule is COc1cccc(SCC(=O)N2C[C@@H](Cc3cc(C)[nH]n3)[C@H](O)C2)c1. The number of nitrogens with one attached hydrogen (secondary N) is 1. The number of hydrogen-bond donors (Lipinski definition) is 2. The van der Waals surface area contributed by atoms with Gasteiger partial charge in [-0.05, 0) is 37.6 Å². The highest BCUT2D eigenvalue weighted by Crippen LogP contribution is 2.25. The molecule has 0 aliphatic carbocycles. The Bertz CT molecular complexity index is 734. The van der Waals surface area contributed by atoms with E-state index in [-0.39, 0.29) is 11.8 Å². The van der Waals surface area contributed by atoms with Crippen LogP contribution in [0.4, 0.5) is 0 Å². The van der Waals surface area contributed by atoms with E-state index in [9.17, 15) is 9.90 Å². The van der Waals surface area contributed by atoms with Crippen LogP contribution in [0.2, 0.25) is 0 Å². The van der Waals surface area contributed by atoms with Crippen LogP contribution < -0.4 is 4.74 Å². The number of hydrogen-bond acceptors (Lipinski definition) is 5. The zero-order valence-electron chi connectivity index (χ0n) is 14.4. The second kappa shape index (κ2) is 7.93. The summed E-state index contributed by atoms with van der Waals surface area (Å²) in [6.45, 7) is 2.92. The number of nitrogens with zero attached hydrogens (tertiary/aromatic N) is 2. The number of amides is 1. The summed E-state index contributed by atoms with van der Waals surface area (Å²) in [5, 5.41) is 17.4. The van der Waals surface area contributed by atoms with Crippen molar-refractivity contribution < 1.29 is 14.6 Å². The molecule has 7 heteroatoms. The van der Waals surface area contributed by atoms with Gasteiger partial charge in [0.15, 0.2) is 0 Å². The minimum absolute atomic E-state index is 0.0356. The van der Waals surface area contributed by atoms with E-state index in [1.807, 2.05) is 37.3 Å². The van der Waals surface area contributed by atoms with Gasteiger partial charge in [0.1, 0.15) is 5.75 Å². The molecule has 1 aliphatic rings. The number of ether oxygens (including phenoxy) is 1. The molecule has 3 rings (SSSR count). The molecule has 2 N–H and O–H groups in total. The van der Waals surface area contributed by atoms with Crippen molar-refractivity contribution in [2.75, 3.05) is 26.0 Å². The molecule has 1 amide bonds. The van der Waals surface area contributed by atoms with Crippen molar-refractivity contribution in [3.05, 3.63) is 41.7 Å². The van der Waals surface area contributed by atoms with Gasteiger partial charge < -0.3 is 14.7 Å². The standard InChI is InChI=1S/C18H23N3O3S/c1-12-6-14(20-19-12)7-13-9-21(10-17(13)22)18(23)11-25-16-5-3-4-15(8-16)24-2/h3-6,8,13,17,22H,7,9-11H2,1-2H3,(H,19,20)/t13-,17-/m1/s1. The zero-order chi connectivity index (χ0) is 17.8. The second-order valence-electron chi connectivity index (χ2n) is 6.34. The predicted octanol–water partition coefficient (Wildman–Crippen LogP) is 1.88. The lowest BCUT2D eigenvalue weighted by Gasteiger charge is -2.15. The molecule has 2 heterocycles. The van der Waals surface area contributed by atoms with Gasteiger partial charge in [-0.1, -0.05) is 6.07 Å². The molecule has 2 aromatic rings. The van der Waals surface area contributed by atoms with Crippen LogP contribution in [-0.2, 0) is 11.2 Å². The van der Waals surface area contributed by atoms with Gasteiger partial charge in [0.2, 0.25) is 5.91 Å². The number of methoxy groups -OCH3 is 1. The topological polar surface area (TPSA) is 78.5 Å². The molecule has 0 saturated carbocycles. The predicted molar refractivity (Wildman–Crippen MR) is 96.8 cm³/mol. The minimum Gasteiger partial charge on any atom is -0.497 e. The quantitative estimate of drug-likeness (QED) is 0.768. The molecule has 6 nitrogen and oxygen atoms in total. The third kappa shape index (κ3) is 4.55. The lowest BCUT2D eigenvalue weighted by atomic mass is 10.0. The Labute approximate surface area is 151 Å². The van der Waals surface area contributed by atoms with Crippen molar-refractivity contribution in [2.45, 2.75) is 24.3 Å². The average Bonchev–Trinajstić information content (AvgIpc) is 3.19. The van der Waals surface area contributed by atoms with E-state index in [1.54, 1.807) is 12.0 Å². The lowest BCUT2D eigenvalue weighted by Crippen LogP contribution is -2.31. The van der Waals surface area contributed by atoms with Gasteiger partial charge in [-0.3, -0.25) is 9.89 Å². The lowest BCUT2D eigenvalue weighted by molar-refractivity contribution is -0.127. The maximum Gasteiger partial charge on any atom is 0.233 e. The number of thioether (sulfide) groups is 1. The number of benzene rings is 1. The number of carbonyl (C=O) groups is 1. The minimum atomic E-state index is -0.497. The fourth-order valence-electron chi connectivity index (χ4n) is 3.03. The molecule has 1 aromatic carbocycles. The van der Waals surface area contributed by atoms with E-state index < -0.39 is 6.10 Å². The van der Waals surface area contributed by atoms with Crippen LogP contribution in [0.5, 0.6) is 5.75 Å². The van der Waals surface area contributed by atoms with Crippen molar-refractivity contribution in [1.29, 1.82) is 0 Å². The normalized spacial score (nSPS) is 20.0. The van der Waals surface area contributed by atoms with Crippen molar-refractivity contribution in [3.8, 4) is 5.75 Å². The molecule has 0 unspecified atom stereocenters. The summed E-state index contributed by atoms with van der Waals surface area (Å²) in [7, 11) is 1.63. The fraction of sp³-hybridized carbons (Fsp3) is 0.444. The first-order valence-electron chi connectivity index (χ1n) is 8.28. The van der Waals surface area contributed by atoms with Gasteiger partial charge >= 0.3 is 0 Å². The van der Waals surface area contributed by atoms with E-state index in [4.69, 9.17) is 4.74 Å². The van der Waals surface area contributed by atoms with Gasteiger partial charge in [-0.15, -0.1) is 11.8 Å². The van der Waals surface area contributed by atoms with Gasteiger partial charge in [0.05, 0.1) is 24.7 Å². The first-order valence-corrected chi connectivity index (χ1v) is 9.27. The van der Waals surface area contributed by atoms with Crippen molar-refractivity contribution in [2.24, 2.45) is 5.92 Å². The van der Waals surface area contributed by atoms with Crippen LogP contribution in [-0.4, -0.2) is 58.2 Å². The molecule has 1 aliphatic heterocycles. The number of aryl methyl sites for hydroxylation is 1. The summed E-state index contributed by atoms with van der Waals surface area (Å²) in [4.78, 5) is 15.2. The van der Waals surface area contributed by atoms with E-state index in [0.717, 1.165) is 22.0 Å². The first kappa shape index (κ1) is 17.8. The number of rotatable bonds is 6. The molecule has 0 bridgehead atoms. The van der Waals surface area contributed by atoms with Crippen LogP contribution in [0, 0.1) is 12.8 Å². The molecule has 1 fully saturated rings. The summed E-state index contributed by atoms with van der Waals surface area (Å²) >= 11 is 1.48. The Morgan fingerprint density at radius 1 is 1.44 bits per heavy atom. The zero-order valence-corrected chi connectivity index (χ0v) is 15.3.